The molecule has 9 nitrogen and oxygen atoms in total. The summed E-state index contributed by atoms with van der Waals surface area (Å²) in [6, 6.07) is -1.31. The van der Waals surface area contributed by atoms with Crippen molar-refractivity contribution in [2.45, 2.75) is 12.5 Å². The number of piperazine rings is 1. The number of amides is 1. The van der Waals surface area contributed by atoms with Crippen molar-refractivity contribution in [2.24, 2.45) is 0 Å². The number of hydroxylamine groups is 1. The van der Waals surface area contributed by atoms with Gasteiger partial charge in [0.05, 0.1) is 12.0 Å². The molecule has 0 saturated carbocycles. The van der Waals surface area contributed by atoms with Crippen molar-refractivity contribution >= 4 is 37.6 Å². The summed E-state index contributed by atoms with van der Waals surface area (Å²) in [6.07, 6.45) is 1.18. The number of sulfonamides is 2. The Morgan fingerprint density at radius 1 is 1.33 bits per heavy atom. The van der Waals surface area contributed by atoms with Gasteiger partial charge in [0, 0.05) is 25.5 Å². The zero-order valence-corrected chi connectivity index (χ0v) is 13.8. The van der Waals surface area contributed by atoms with Gasteiger partial charge in [0.2, 0.25) is 20.0 Å². The van der Waals surface area contributed by atoms with Crippen molar-refractivity contribution < 1.29 is 26.8 Å². The first-order valence-corrected chi connectivity index (χ1v) is 10.1. The van der Waals surface area contributed by atoms with E-state index >= 15 is 0 Å². The average Bonchev–Trinajstić information content (AvgIpc) is 2.42. The zero-order valence-electron chi connectivity index (χ0n) is 11.4. The Labute approximate surface area is 128 Å². The fourth-order valence-corrected chi connectivity index (χ4v) is 4.79. The van der Waals surface area contributed by atoms with E-state index in [2.05, 4.69) is 0 Å². The highest BCUT2D eigenvalue weighted by Crippen LogP contribution is 2.18. The Kier molecular flexibility index (Phi) is 6.37. The molecule has 1 rings (SSSR count). The van der Waals surface area contributed by atoms with Gasteiger partial charge in [-0.3, -0.25) is 10.0 Å². The van der Waals surface area contributed by atoms with Gasteiger partial charge in [-0.15, -0.1) is 11.6 Å². The number of nitrogens with one attached hydrogen (secondary N) is 1. The SMILES string of the molecule is CS(=O)(=O)N1CCN(S(=O)(=O)CCCCl)C(C(=O)NO)C1. The molecule has 1 heterocycles. The van der Waals surface area contributed by atoms with E-state index in [4.69, 9.17) is 16.8 Å². The number of carbonyl (C=O) groups is 1. The monoisotopic (exact) mass is 363 g/mol. The molecule has 1 aliphatic heterocycles. The molecule has 0 bridgehead atoms. The van der Waals surface area contributed by atoms with Gasteiger partial charge in [-0.05, 0) is 6.42 Å². The Balaban J connectivity index is 3.02. The van der Waals surface area contributed by atoms with Crippen LogP contribution in [-0.4, -0.2) is 80.1 Å². The first kappa shape index (κ1) is 18.6. The molecule has 1 atom stereocenters. The van der Waals surface area contributed by atoms with Gasteiger partial charge < -0.3 is 0 Å². The normalized spacial score (nSPS) is 22.1. The molecule has 0 aromatic rings. The zero-order chi connectivity index (χ0) is 16.3. The lowest BCUT2D eigenvalue weighted by molar-refractivity contribution is -0.134. The standard InChI is InChI=1S/C9H18ClN3O6S2/c1-20(16,17)12-4-5-13(8(7-12)9(14)11-15)21(18,19)6-2-3-10/h8,15H,2-7H2,1H3,(H,11,14). The van der Waals surface area contributed by atoms with Crippen LogP contribution in [0.5, 0.6) is 0 Å². The quantitative estimate of drug-likeness (QED) is 0.332. The van der Waals surface area contributed by atoms with Gasteiger partial charge in [0.15, 0.2) is 0 Å². The maximum atomic E-state index is 12.2. The smallest absolute Gasteiger partial charge is 0.263 e. The van der Waals surface area contributed by atoms with Gasteiger partial charge in [-0.25, -0.2) is 22.3 Å². The molecular weight excluding hydrogens is 346 g/mol. The lowest BCUT2D eigenvalue weighted by Crippen LogP contribution is -2.61. The average molecular weight is 364 g/mol. The van der Waals surface area contributed by atoms with Gasteiger partial charge >= 0.3 is 0 Å². The second-order valence-electron chi connectivity index (χ2n) is 4.58. The Hall–Kier alpha value is -0.460. The van der Waals surface area contributed by atoms with Crippen molar-refractivity contribution in [2.75, 3.05) is 37.5 Å². The van der Waals surface area contributed by atoms with E-state index in [1.54, 1.807) is 0 Å². The Morgan fingerprint density at radius 3 is 2.43 bits per heavy atom. The van der Waals surface area contributed by atoms with E-state index in [1.165, 1.54) is 5.48 Å². The summed E-state index contributed by atoms with van der Waals surface area (Å²) in [7, 11) is -7.32. The summed E-state index contributed by atoms with van der Waals surface area (Å²) >= 11 is 5.47. The van der Waals surface area contributed by atoms with Crippen LogP contribution in [0.25, 0.3) is 0 Å². The molecule has 1 fully saturated rings. The number of halogens is 1. The van der Waals surface area contributed by atoms with Crippen molar-refractivity contribution in [1.29, 1.82) is 0 Å². The molecule has 1 amide bonds. The number of hydrogen-bond donors (Lipinski definition) is 2. The van der Waals surface area contributed by atoms with Crippen LogP contribution in [0.1, 0.15) is 6.42 Å². The summed E-state index contributed by atoms with van der Waals surface area (Å²) < 4.78 is 49.3. The van der Waals surface area contributed by atoms with Crippen LogP contribution in [0.2, 0.25) is 0 Å². The number of carbonyl (C=O) groups excluding carboxylic acids is 1. The molecule has 2 N–H and O–H groups in total. The number of rotatable bonds is 6. The first-order valence-electron chi connectivity index (χ1n) is 6.08. The molecule has 0 aromatic heterocycles. The van der Waals surface area contributed by atoms with E-state index in [0.717, 1.165) is 14.9 Å². The number of alkyl halides is 1. The van der Waals surface area contributed by atoms with Crippen molar-refractivity contribution in [1.82, 2.24) is 14.1 Å². The van der Waals surface area contributed by atoms with Gasteiger partial charge in [-0.2, -0.15) is 8.61 Å². The summed E-state index contributed by atoms with van der Waals surface area (Å²) in [4.78, 5) is 11.7. The van der Waals surface area contributed by atoms with Gasteiger partial charge in [0.1, 0.15) is 6.04 Å². The van der Waals surface area contributed by atoms with E-state index in [0.29, 0.717) is 0 Å². The second-order valence-corrected chi connectivity index (χ2v) is 8.98. The molecule has 21 heavy (non-hydrogen) atoms. The van der Waals surface area contributed by atoms with Crippen LogP contribution in [0.4, 0.5) is 0 Å². The second kappa shape index (κ2) is 7.20. The molecule has 124 valence electrons. The maximum absolute atomic E-state index is 12.2. The molecule has 0 radical (unpaired) electrons. The summed E-state index contributed by atoms with van der Waals surface area (Å²) in [5.41, 5.74) is 1.37. The minimum Gasteiger partial charge on any atom is -0.289 e. The van der Waals surface area contributed by atoms with Gasteiger partial charge in [0.25, 0.3) is 5.91 Å². The minimum absolute atomic E-state index is 0.0475. The van der Waals surface area contributed by atoms with Crippen LogP contribution in [0, 0.1) is 0 Å². The lowest BCUT2D eigenvalue weighted by Gasteiger charge is -2.38. The third kappa shape index (κ3) is 4.76. The van der Waals surface area contributed by atoms with Crippen molar-refractivity contribution in [3.05, 3.63) is 0 Å². The van der Waals surface area contributed by atoms with Gasteiger partial charge in [-0.1, -0.05) is 0 Å². The molecule has 0 spiro atoms. The third-order valence-electron chi connectivity index (χ3n) is 3.07. The van der Waals surface area contributed by atoms with E-state index < -0.39 is 32.0 Å². The van der Waals surface area contributed by atoms with E-state index in [1.807, 2.05) is 0 Å². The van der Waals surface area contributed by atoms with Crippen LogP contribution >= 0.6 is 11.6 Å². The summed E-state index contributed by atoms with van der Waals surface area (Å²) in [5, 5.41) is 8.73. The number of hydrogen-bond acceptors (Lipinski definition) is 6. The molecule has 1 unspecified atom stereocenters. The molecule has 12 heteroatoms. The summed E-state index contributed by atoms with van der Waals surface area (Å²) in [6.45, 7) is -0.546. The molecule has 0 aromatic carbocycles. The molecule has 1 saturated heterocycles. The topological polar surface area (TPSA) is 124 Å². The highest BCUT2D eigenvalue weighted by atomic mass is 35.5. The molecular formula is C9H18ClN3O6S2. The molecule has 0 aliphatic carbocycles. The summed E-state index contributed by atoms with van der Waals surface area (Å²) in [5.74, 6) is -1.07. The number of nitrogens with zero attached hydrogens (tertiary/aromatic N) is 2. The Bertz CT molecular complexity index is 578. The molecule has 1 aliphatic rings. The van der Waals surface area contributed by atoms with Crippen LogP contribution in [0.15, 0.2) is 0 Å². The van der Waals surface area contributed by atoms with E-state index in [-0.39, 0.29) is 37.7 Å². The van der Waals surface area contributed by atoms with Crippen LogP contribution in [0.3, 0.4) is 0 Å². The predicted molar refractivity (Wildman–Crippen MR) is 76.0 cm³/mol. The minimum atomic E-state index is -3.76. The van der Waals surface area contributed by atoms with Crippen LogP contribution < -0.4 is 5.48 Å². The van der Waals surface area contributed by atoms with E-state index in [9.17, 15) is 21.6 Å². The largest absolute Gasteiger partial charge is 0.289 e. The highest BCUT2D eigenvalue weighted by molar-refractivity contribution is 7.89. The fourth-order valence-electron chi connectivity index (χ4n) is 2.02. The third-order valence-corrected chi connectivity index (χ3v) is 6.56. The first-order chi connectivity index (χ1) is 9.63. The predicted octanol–water partition coefficient (Wildman–Crippen LogP) is -1.60. The lowest BCUT2D eigenvalue weighted by atomic mass is 10.2. The van der Waals surface area contributed by atoms with Crippen molar-refractivity contribution in [3.63, 3.8) is 0 Å². The maximum Gasteiger partial charge on any atom is 0.263 e. The Morgan fingerprint density at radius 2 is 1.95 bits per heavy atom. The highest BCUT2D eigenvalue weighted by Gasteiger charge is 2.41. The van der Waals surface area contributed by atoms with Crippen molar-refractivity contribution in [3.8, 4) is 0 Å². The fraction of sp³-hybridized carbons (Fsp3) is 0.889. The van der Waals surface area contributed by atoms with Crippen LogP contribution in [-0.2, 0) is 24.8 Å².